The number of aromatic amines is 4. The molecule has 0 aliphatic carbocycles. The molecule has 0 unspecified atom stereocenters. The maximum atomic E-state index is 13.7. The number of benzene rings is 4. The predicted molar refractivity (Wildman–Crippen MR) is 476 cm³/mol. The van der Waals surface area contributed by atoms with Crippen LogP contribution in [0.25, 0.3) is 89.7 Å². The number of likely N-dealkylation sites (N-methyl/N-ethyl adjacent to an activating group) is 1. The Balaban J connectivity index is 0.000000149. The summed E-state index contributed by atoms with van der Waals surface area (Å²) in [5.41, 5.74) is 1.21. The van der Waals surface area contributed by atoms with Crippen molar-refractivity contribution in [2.45, 2.75) is 76.1 Å². The van der Waals surface area contributed by atoms with Crippen LogP contribution in [-0.2, 0) is 50.4 Å². The average Bonchev–Trinajstić information content (AvgIpc) is 1.61. The van der Waals surface area contributed by atoms with Crippen molar-refractivity contribution < 1.29 is 57.8 Å². The molecule has 0 atom stereocenters. The number of nitrogens with one attached hydrogen (secondary N) is 11. The first-order valence-electron chi connectivity index (χ1n) is 41.4. The largest absolute Gasteiger partial charge is 0.417 e. The van der Waals surface area contributed by atoms with Gasteiger partial charge in [-0.3, -0.25) is 20.4 Å². The van der Waals surface area contributed by atoms with E-state index in [-0.39, 0.29) is 52.2 Å². The fourth-order valence-electron chi connectivity index (χ4n) is 13.7. The number of hydrogen-bond acceptors (Lipinski definition) is 26. The molecule has 0 bridgehead atoms. The Kier molecular flexibility index (Phi) is 31.5. The summed E-state index contributed by atoms with van der Waals surface area (Å²) in [6.45, 7) is 5.29. The summed E-state index contributed by atoms with van der Waals surface area (Å²) in [5.74, 6) is 3.68. The van der Waals surface area contributed by atoms with E-state index in [9.17, 15) is 52.7 Å². The summed E-state index contributed by atoms with van der Waals surface area (Å²) in [6, 6.07) is 42.6. The van der Waals surface area contributed by atoms with Crippen molar-refractivity contribution in [2.75, 3.05) is 109 Å². The van der Waals surface area contributed by atoms with Gasteiger partial charge in [0.2, 0.25) is 0 Å². The number of nitrogens with zero attached hydrogens (tertiary/aromatic N) is 18. The highest BCUT2D eigenvalue weighted by Gasteiger charge is 2.38. The molecular formula is C89H91F12N29O. The third-order valence-electron chi connectivity index (χ3n) is 19.8. The first kappa shape index (κ1) is 94.4. The topological polar surface area (TPSA) is 380 Å². The molecule has 0 amide bonds. The van der Waals surface area contributed by atoms with E-state index in [0.29, 0.717) is 137 Å². The fourth-order valence-corrected chi connectivity index (χ4v) is 13.7. The van der Waals surface area contributed by atoms with Crippen molar-refractivity contribution in [3.8, 4) is 45.6 Å². The summed E-state index contributed by atoms with van der Waals surface area (Å²) < 4.78 is 163. The van der Waals surface area contributed by atoms with E-state index in [4.69, 9.17) is 5.11 Å². The number of hydrogen-bond donors (Lipinski definition) is 12. The van der Waals surface area contributed by atoms with Crippen LogP contribution in [0.5, 0.6) is 0 Å². The van der Waals surface area contributed by atoms with Crippen molar-refractivity contribution in [1.82, 2.24) is 126 Å². The minimum Gasteiger partial charge on any atom is -0.395 e. The molecule has 0 saturated heterocycles. The molecule has 0 radical (unpaired) electrons. The van der Waals surface area contributed by atoms with Crippen LogP contribution in [0.1, 0.15) is 70.7 Å². The van der Waals surface area contributed by atoms with Gasteiger partial charge in [0, 0.05) is 114 Å². The Hall–Kier alpha value is -14.2. The van der Waals surface area contributed by atoms with Gasteiger partial charge in [0.25, 0.3) is 0 Å². The highest BCUT2D eigenvalue weighted by Crippen LogP contribution is 2.42. The van der Waals surface area contributed by atoms with Gasteiger partial charge in [-0.1, -0.05) is 72.8 Å². The molecule has 4 aromatic carbocycles. The van der Waals surface area contributed by atoms with Crippen LogP contribution < -0.4 is 37.2 Å². The second-order valence-electron chi connectivity index (χ2n) is 30.2. The molecule has 42 heteroatoms. The van der Waals surface area contributed by atoms with E-state index in [1.807, 2.05) is 64.4 Å². The number of anilines is 8. The number of rotatable bonds is 33. The Morgan fingerprint density at radius 1 is 0.313 bits per heavy atom. The molecule has 12 aromatic heterocycles. The maximum absolute atomic E-state index is 13.7. The summed E-state index contributed by atoms with van der Waals surface area (Å²) in [5, 5.41) is 61.8. The van der Waals surface area contributed by atoms with Crippen LogP contribution in [0.4, 0.5) is 99.2 Å². The van der Waals surface area contributed by atoms with Gasteiger partial charge in [0.05, 0.1) is 50.4 Å². The Morgan fingerprint density at radius 3 is 0.847 bits per heavy atom. The van der Waals surface area contributed by atoms with Crippen LogP contribution in [0.2, 0.25) is 0 Å². The number of alkyl halides is 12. The van der Waals surface area contributed by atoms with E-state index in [1.54, 1.807) is 91.5 Å². The lowest BCUT2D eigenvalue weighted by molar-refractivity contribution is -0.137. The molecule has 682 valence electrons. The van der Waals surface area contributed by atoms with Gasteiger partial charge in [-0.05, 0) is 186 Å². The number of aryl methyl sites for hydroxylation is 4. The minimum absolute atomic E-state index is 0.0133. The monoisotopic (exact) mass is 1810 g/mol. The zero-order chi connectivity index (χ0) is 92.7. The highest BCUT2D eigenvalue weighted by molar-refractivity contribution is 5.91. The number of aromatic nitrogens is 20. The molecule has 12 heterocycles. The molecule has 16 aromatic rings. The summed E-state index contributed by atoms with van der Waals surface area (Å²) in [7, 11) is 9.80. The van der Waals surface area contributed by atoms with Crippen molar-refractivity contribution >= 4 is 90.7 Å². The Bertz CT molecular complexity index is 6430. The van der Waals surface area contributed by atoms with Crippen LogP contribution in [0, 0.1) is 0 Å². The standard InChI is InChI=1S/C24H27F3N8.C22H22F3N7O.C22H22F3N7.C21H20F3N7/c1-35(2)14-13-28-11-5-7-16-15-20(32-23-18-9-6-12-29-21(18)33-34-23)31-22(30-16)17-8-3-4-10-19(17)24(25,26)27;23-22(24,25)17-8-2-1-6-15(17)20-28-14(5-3-9-26-11-12-33)13-18(29-20)30-21-16-7-4-10-27-19(16)31-32-21;1-32(2)12-6-7-14-13-18(29-21-16-9-5-11-26-19(16)30-31-21)28-20(27-14)15-8-3-4-10-17(15)22(23,24)25;1-25-10-4-6-13-12-17(29-20-15-8-5-11-26-18(15)30-31-20)28-19(27-13)14-7-2-3-9-16(14)21(22,23)24/h3-4,6,8-10,12,15,28H,5,7,11,13-14H2,1-2H3,(H2,29,30,31,32,33,34);1-2,4,6-8,10,13,26,33H,3,5,9,11-12H2,(H2,27,28,29,30,31,32);3-5,8-11,13H,6-7,12H2,1-2H3,(H2,26,27,28,29,30,31);2-3,5,7-9,11-12,25H,4,6,10H2,1H3,(H2,26,27,28,29,30,31). The first-order valence-corrected chi connectivity index (χ1v) is 41.4. The van der Waals surface area contributed by atoms with Gasteiger partial charge in [-0.25, -0.2) is 59.8 Å². The molecule has 131 heavy (non-hydrogen) atoms. The lowest BCUT2D eigenvalue weighted by atomic mass is 10.1. The summed E-state index contributed by atoms with van der Waals surface area (Å²) >= 11 is 0. The van der Waals surface area contributed by atoms with E-state index in [1.165, 1.54) is 54.6 Å². The van der Waals surface area contributed by atoms with Crippen molar-refractivity contribution in [3.05, 3.63) is 240 Å². The van der Waals surface area contributed by atoms with Crippen molar-refractivity contribution in [1.29, 1.82) is 0 Å². The number of aliphatic hydroxyl groups is 1. The van der Waals surface area contributed by atoms with Crippen LogP contribution in [0.15, 0.2) is 195 Å². The minimum atomic E-state index is -4.54. The number of halogens is 12. The van der Waals surface area contributed by atoms with E-state index in [2.05, 4.69) is 143 Å². The molecular weight excluding hydrogens is 1720 g/mol. The van der Waals surface area contributed by atoms with Gasteiger partial charge >= 0.3 is 24.7 Å². The third-order valence-corrected chi connectivity index (χ3v) is 19.8. The van der Waals surface area contributed by atoms with Crippen LogP contribution >= 0.6 is 0 Å². The van der Waals surface area contributed by atoms with Crippen molar-refractivity contribution in [2.24, 2.45) is 0 Å². The van der Waals surface area contributed by atoms with Crippen LogP contribution in [-0.4, -0.2) is 203 Å². The number of aliphatic hydroxyl groups excluding tert-OH is 1. The molecule has 16 rings (SSSR count). The SMILES string of the molecule is CN(C)CCCc1cc(Nc2[nH]nc3ncccc23)nc(-c2ccccc2C(F)(F)F)n1.CN(C)CCNCCCc1cc(Nc2[nH]nc3ncccc23)nc(-c2ccccc2C(F)(F)F)n1.CNCCCc1cc(Nc2[nH]nc3ncccc23)nc(-c2ccccc2C(F)(F)F)n1.OCCNCCCc1cc(Nc2[nH]nc3ncccc23)nc(-c2ccccc2C(F)(F)F)n1. The van der Waals surface area contributed by atoms with Gasteiger partial charge in [-0.2, -0.15) is 73.1 Å². The van der Waals surface area contributed by atoms with Gasteiger partial charge < -0.3 is 52.1 Å². The second kappa shape index (κ2) is 43.7. The average molecular weight is 1810 g/mol. The fraction of sp³-hybridized carbons (Fsp3) is 0.281. The molecule has 0 spiro atoms. The number of fused-ring (bicyclic) bond motifs is 4. The molecule has 0 aliphatic rings. The highest BCUT2D eigenvalue weighted by atomic mass is 19.4. The third kappa shape index (κ3) is 25.9. The lowest BCUT2D eigenvalue weighted by Gasteiger charge is -2.14. The first-order chi connectivity index (χ1) is 63.0. The Labute approximate surface area is 741 Å². The molecule has 0 aliphatic heterocycles. The predicted octanol–water partition coefficient (Wildman–Crippen LogP) is 17.0. The lowest BCUT2D eigenvalue weighted by Crippen LogP contribution is -2.27. The van der Waals surface area contributed by atoms with Crippen LogP contribution in [0.3, 0.4) is 0 Å². The van der Waals surface area contributed by atoms with Crippen molar-refractivity contribution in [3.63, 3.8) is 0 Å². The zero-order valence-electron chi connectivity index (χ0n) is 71.3. The number of pyridine rings is 4. The van der Waals surface area contributed by atoms with Gasteiger partial charge in [0.15, 0.2) is 45.9 Å². The zero-order valence-corrected chi connectivity index (χ0v) is 71.3. The second-order valence-corrected chi connectivity index (χ2v) is 30.2. The normalized spacial score (nSPS) is 11.8. The van der Waals surface area contributed by atoms with E-state index < -0.39 is 47.0 Å². The quantitative estimate of drug-likeness (QED) is 0.0134. The molecule has 0 fully saturated rings. The van der Waals surface area contributed by atoms with Gasteiger partial charge in [-0.15, -0.1) is 0 Å². The van der Waals surface area contributed by atoms with E-state index >= 15 is 0 Å². The molecule has 12 N–H and O–H groups in total. The summed E-state index contributed by atoms with van der Waals surface area (Å²) in [6.07, 6.45) is -6.24. The van der Waals surface area contributed by atoms with E-state index in [0.717, 1.165) is 97.8 Å². The Morgan fingerprint density at radius 2 is 0.580 bits per heavy atom. The number of H-pyrrole nitrogens is 4. The summed E-state index contributed by atoms with van der Waals surface area (Å²) in [4.78, 5) is 56.2. The van der Waals surface area contributed by atoms with Gasteiger partial charge in [0.1, 0.15) is 46.5 Å². The smallest absolute Gasteiger partial charge is 0.395 e. The maximum Gasteiger partial charge on any atom is 0.417 e. The molecule has 30 nitrogen and oxygen atoms in total. The molecule has 0 saturated carbocycles.